The van der Waals surface area contributed by atoms with Crippen molar-refractivity contribution < 1.29 is 14.1 Å². The third kappa shape index (κ3) is 3.03. The zero-order valence-corrected chi connectivity index (χ0v) is 10.7. The zero-order valence-electron chi connectivity index (χ0n) is 10.7. The summed E-state index contributed by atoms with van der Waals surface area (Å²) in [5.41, 5.74) is 0.937. The summed E-state index contributed by atoms with van der Waals surface area (Å²) in [7, 11) is 0. The van der Waals surface area contributed by atoms with Crippen LogP contribution in [0.2, 0.25) is 0 Å². The van der Waals surface area contributed by atoms with Crippen LogP contribution in [-0.4, -0.2) is 15.7 Å². The number of aryl methyl sites for hydroxylation is 1. The Bertz CT molecular complexity index is 669. The average Bonchev–Trinajstić information content (AvgIpc) is 2.41. The van der Waals surface area contributed by atoms with Gasteiger partial charge in [-0.25, -0.2) is 4.39 Å². The van der Waals surface area contributed by atoms with Crippen molar-refractivity contribution in [3.63, 3.8) is 0 Å². The summed E-state index contributed by atoms with van der Waals surface area (Å²) in [6.45, 7) is 1.87. The fourth-order valence-corrected chi connectivity index (χ4v) is 1.71. The highest BCUT2D eigenvalue weighted by atomic mass is 19.1. The number of benzene rings is 1. The number of Topliss-reactive ketones (excluding diaryl/α,β-unsaturated/α-hetero) is 1. The largest absolute Gasteiger partial charge is 0.294 e. The highest BCUT2D eigenvalue weighted by molar-refractivity contribution is 5.97. The van der Waals surface area contributed by atoms with Crippen LogP contribution in [0, 0.1) is 22.9 Å². The van der Waals surface area contributed by atoms with E-state index >= 15 is 0 Å². The molecule has 20 heavy (non-hydrogen) atoms. The summed E-state index contributed by atoms with van der Waals surface area (Å²) in [5, 5.41) is 10.5. The van der Waals surface area contributed by atoms with Gasteiger partial charge in [-0.1, -0.05) is 6.07 Å². The molecule has 0 radical (unpaired) electrons. The number of carbonyl (C=O) groups excluding carboxylic acids is 1. The molecule has 0 spiro atoms. The van der Waals surface area contributed by atoms with Gasteiger partial charge in [-0.2, -0.15) is 0 Å². The van der Waals surface area contributed by atoms with Gasteiger partial charge in [0.1, 0.15) is 5.82 Å². The number of carbonyl (C=O) groups is 1. The van der Waals surface area contributed by atoms with E-state index in [0.717, 1.165) is 23.8 Å². The second-order valence-electron chi connectivity index (χ2n) is 4.35. The first-order chi connectivity index (χ1) is 9.47. The number of ketones is 1. The summed E-state index contributed by atoms with van der Waals surface area (Å²) in [5.74, 6) is -1.36. The van der Waals surface area contributed by atoms with Gasteiger partial charge in [-0.05, 0) is 24.6 Å². The van der Waals surface area contributed by atoms with Crippen LogP contribution < -0.4 is 0 Å². The SMILES string of the molecule is Cc1ccc(CC(=O)c2ccc([N+](=O)[O-])cc2F)nc1. The topological polar surface area (TPSA) is 73.1 Å². The van der Waals surface area contributed by atoms with E-state index in [9.17, 15) is 19.3 Å². The molecular formula is C14H11FN2O3. The standard InChI is InChI=1S/C14H11FN2O3/c1-9-2-3-10(16-8-9)6-14(18)12-5-4-11(17(19)20)7-13(12)15/h2-5,7-8H,6H2,1H3. The minimum Gasteiger partial charge on any atom is -0.294 e. The highest BCUT2D eigenvalue weighted by Gasteiger charge is 2.16. The van der Waals surface area contributed by atoms with E-state index in [-0.39, 0.29) is 17.7 Å². The first-order valence-electron chi connectivity index (χ1n) is 5.86. The van der Waals surface area contributed by atoms with Gasteiger partial charge in [0.15, 0.2) is 5.78 Å². The van der Waals surface area contributed by atoms with E-state index in [1.807, 2.05) is 13.0 Å². The maximum absolute atomic E-state index is 13.7. The predicted molar refractivity (Wildman–Crippen MR) is 70.1 cm³/mol. The van der Waals surface area contributed by atoms with Crippen LogP contribution in [-0.2, 0) is 6.42 Å². The molecule has 0 fully saturated rings. The van der Waals surface area contributed by atoms with Crippen LogP contribution in [0.4, 0.5) is 10.1 Å². The Kier molecular flexibility index (Phi) is 3.84. The second kappa shape index (κ2) is 5.56. The number of hydrogen-bond donors (Lipinski definition) is 0. The third-order valence-corrected chi connectivity index (χ3v) is 2.78. The molecule has 0 aliphatic carbocycles. The minimum atomic E-state index is -0.892. The molecule has 1 heterocycles. The lowest BCUT2D eigenvalue weighted by molar-refractivity contribution is -0.385. The van der Waals surface area contributed by atoms with Crippen LogP contribution in [0.15, 0.2) is 36.5 Å². The van der Waals surface area contributed by atoms with Gasteiger partial charge >= 0.3 is 0 Å². The van der Waals surface area contributed by atoms with Crippen molar-refractivity contribution in [3.05, 3.63) is 69.3 Å². The van der Waals surface area contributed by atoms with Gasteiger partial charge in [0, 0.05) is 18.0 Å². The van der Waals surface area contributed by atoms with E-state index in [1.54, 1.807) is 12.3 Å². The van der Waals surface area contributed by atoms with Crippen molar-refractivity contribution >= 4 is 11.5 Å². The second-order valence-corrected chi connectivity index (χ2v) is 4.35. The molecule has 0 aliphatic rings. The quantitative estimate of drug-likeness (QED) is 0.488. The molecule has 1 aromatic carbocycles. The highest BCUT2D eigenvalue weighted by Crippen LogP contribution is 2.18. The van der Waals surface area contributed by atoms with Gasteiger partial charge < -0.3 is 0 Å². The number of halogens is 1. The maximum Gasteiger partial charge on any atom is 0.272 e. The third-order valence-electron chi connectivity index (χ3n) is 2.78. The molecule has 0 saturated heterocycles. The Balaban J connectivity index is 2.21. The molecule has 5 nitrogen and oxygen atoms in total. The molecule has 0 unspecified atom stereocenters. The summed E-state index contributed by atoms with van der Waals surface area (Å²) < 4.78 is 13.7. The van der Waals surface area contributed by atoms with E-state index in [1.165, 1.54) is 0 Å². The first kappa shape index (κ1) is 13.8. The lowest BCUT2D eigenvalue weighted by Gasteiger charge is -2.03. The van der Waals surface area contributed by atoms with Crippen molar-refractivity contribution in [2.24, 2.45) is 0 Å². The molecule has 0 aliphatic heterocycles. The van der Waals surface area contributed by atoms with E-state index in [2.05, 4.69) is 4.98 Å². The van der Waals surface area contributed by atoms with Crippen LogP contribution in [0.5, 0.6) is 0 Å². The number of nitro groups is 1. The summed E-state index contributed by atoms with van der Waals surface area (Å²) in [4.78, 5) is 25.8. The molecule has 2 aromatic rings. The Morgan fingerprint density at radius 3 is 2.65 bits per heavy atom. The number of non-ortho nitro benzene ring substituents is 1. The number of hydrogen-bond acceptors (Lipinski definition) is 4. The Morgan fingerprint density at radius 1 is 1.35 bits per heavy atom. The van der Waals surface area contributed by atoms with Crippen molar-refractivity contribution in [1.29, 1.82) is 0 Å². The summed E-state index contributed by atoms with van der Waals surface area (Å²) >= 11 is 0. The van der Waals surface area contributed by atoms with E-state index < -0.39 is 16.5 Å². The molecule has 0 atom stereocenters. The average molecular weight is 274 g/mol. The van der Waals surface area contributed by atoms with Crippen molar-refractivity contribution in [3.8, 4) is 0 Å². The van der Waals surface area contributed by atoms with Gasteiger partial charge in [-0.3, -0.25) is 19.9 Å². The molecule has 0 amide bonds. The van der Waals surface area contributed by atoms with Gasteiger partial charge in [0.25, 0.3) is 5.69 Å². The monoisotopic (exact) mass is 274 g/mol. The zero-order chi connectivity index (χ0) is 14.7. The number of nitro benzene ring substituents is 1. The molecule has 2 rings (SSSR count). The molecule has 6 heteroatoms. The molecule has 102 valence electrons. The Hall–Kier alpha value is -2.63. The minimum absolute atomic E-state index is 0.0466. The Labute approximate surface area is 114 Å². The molecule has 1 aromatic heterocycles. The normalized spacial score (nSPS) is 10.3. The number of pyridine rings is 1. The first-order valence-corrected chi connectivity index (χ1v) is 5.86. The Morgan fingerprint density at radius 2 is 2.10 bits per heavy atom. The molecular weight excluding hydrogens is 263 g/mol. The van der Waals surface area contributed by atoms with Crippen LogP contribution in [0.1, 0.15) is 21.6 Å². The number of aromatic nitrogens is 1. The fraction of sp³-hybridized carbons (Fsp3) is 0.143. The van der Waals surface area contributed by atoms with Gasteiger partial charge in [0.2, 0.25) is 0 Å². The summed E-state index contributed by atoms with van der Waals surface area (Å²) in [6, 6.07) is 6.48. The number of rotatable bonds is 4. The van der Waals surface area contributed by atoms with Crippen LogP contribution in [0.25, 0.3) is 0 Å². The molecule has 0 bridgehead atoms. The van der Waals surface area contributed by atoms with E-state index in [4.69, 9.17) is 0 Å². The maximum atomic E-state index is 13.7. The van der Waals surface area contributed by atoms with Gasteiger partial charge in [-0.15, -0.1) is 0 Å². The lowest BCUT2D eigenvalue weighted by Crippen LogP contribution is -2.08. The van der Waals surface area contributed by atoms with Gasteiger partial charge in [0.05, 0.1) is 23.0 Å². The van der Waals surface area contributed by atoms with Crippen molar-refractivity contribution in [2.75, 3.05) is 0 Å². The summed E-state index contributed by atoms with van der Waals surface area (Å²) in [6.07, 6.45) is 1.57. The van der Waals surface area contributed by atoms with Crippen LogP contribution >= 0.6 is 0 Å². The number of nitrogens with zero attached hydrogens (tertiary/aromatic N) is 2. The van der Waals surface area contributed by atoms with E-state index in [0.29, 0.717) is 5.69 Å². The predicted octanol–water partition coefficient (Wildman–Crippen LogP) is 2.86. The molecule has 0 saturated carbocycles. The lowest BCUT2D eigenvalue weighted by atomic mass is 10.0. The smallest absolute Gasteiger partial charge is 0.272 e. The van der Waals surface area contributed by atoms with Crippen molar-refractivity contribution in [2.45, 2.75) is 13.3 Å². The van der Waals surface area contributed by atoms with Crippen molar-refractivity contribution in [1.82, 2.24) is 4.98 Å². The molecule has 0 N–H and O–H groups in total. The van der Waals surface area contributed by atoms with Crippen LogP contribution in [0.3, 0.4) is 0 Å². The fourth-order valence-electron chi connectivity index (χ4n) is 1.71.